The van der Waals surface area contributed by atoms with Gasteiger partial charge in [0.2, 0.25) is 5.95 Å². The van der Waals surface area contributed by atoms with Gasteiger partial charge in [-0.25, -0.2) is 4.98 Å². The standard InChI is InChI=1S/C19H21F3N6O/c20-19(21,22)15-2-1-8-24-16(15)7-9-25-18-26-11-12(10-23)17(28-18)27-13-3-5-14(29)6-4-13/h1-2,8,11,13-14,29H,3-7,9H2,(H2,25,26,27,28). The van der Waals surface area contributed by atoms with Crippen LogP contribution in [0.25, 0.3) is 0 Å². The molecule has 0 aromatic carbocycles. The molecule has 154 valence electrons. The maximum absolute atomic E-state index is 13.0. The molecular formula is C19H21F3N6O. The van der Waals surface area contributed by atoms with Crippen molar-refractivity contribution in [3.05, 3.63) is 41.3 Å². The van der Waals surface area contributed by atoms with Gasteiger partial charge in [0.05, 0.1) is 23.6 Å². The molecule has 2 aromatic heterocycles. The third kappa shape index (κ3) is 5.54. The highest BCUT2D eigenvalue weighted by atomic mass is 19.4. The van der Waals surface area contributed by atoms with Crippen molar-refractivity contribution in [2.24, 2.45) is 0 Å². The second-order valence-corrected chi connectivity index (χ2v) is 6.89. The third-order valence-electron chi connectivity index (χ3n) is 4.79. The van der Waals surface area contributed by atoms with Crippen LogP contribution in [0, 0.1) is 11.3 Å². The number of nitrogens with one attached hydrogen (secondary N) is 2. The lowest BCUT2D eigenvalue weighted by Crippen LogP contribution is -2.29. The Morgan fingerprint density at radius 3 is 2.66 bits per heavy atom. The molecule has 2 heterocycles. The SMILES string of the molecule is N#Cc1cnc(NCCc2ncccc2C(F)(F)F)nc1NC1CCC(O)CC1. The van der Waals surface area contributed by atoms with E-state index in [0.29, 0.717) is 18.7 Å². The minimum Gasteiger partial charge on any atom is -0.393 e. The van der Waals surface area contributed by atoms with Crippen molar-refractivity contribution in [2.45, 2.75) is 50.4 Å². The van der Waals surface area contributed by atoms with Gasteiger partial charge in [0.15, 0.2) is 0 Å². The topological polar surface area (TPSA) is 107 Å². The summed E-state index contributed by atoms with van der Waals surface area (Å²) in [5, 5.41) is 25.0. The Labute approximate surface area is 166 Å². The molecule has 0 bridgehead atoms. The molecule has 1 aliphatic rings. The summed E-state index contributed by atoms with van der Waals surface area (Å²) in [6, 6.07) is 4.38. The number of alkyl halides is 3. The van der Waals surface area contributed by atoms with Crippen LogP contribution >= 0.6 is 0 Å². The van der Waals surface area contributed by atoms with E-state index in [1.165, 1.54) is 18.5 Å². The molecule has 2 aromatic rings. The molecule has 1 fully saturated rings. The average Bonchev–Trinajstić information content (AvgIpc) is 2.70. The molecule has 0 saturated heterocycles. The lowest BCUT2D eigenvalue weighted by Gasteiger charge is -2.26. The first-order valence-electron chi connectivity index (χ1n) is 9.33. The lowest BCUT2D eigenvalue weighted by molar-refractivity contribution is -0.138. The largest absolute Gasteiger partial charge is 0.418 e. The van der Waals surface area contributed by atoms with Crippen LogP contribution in [0.4, 0.5) is 24.9 Å². The first kappa shape index (κ1) is 20.8. The number of nitrogens with zero attached hydrogens (tertiary/aromatic N) is 4. The van der Waals surface area contributed by atoms with Gasteiger partial charge >= 0.3 is 6.18 Å². The van der Waals surface area contributed by atoms with Gasteiger partial charge in [0.25, 0.3) is 0 Å². The maximum atomic E-state index is 13.0. The number of nitriles is 1. The fourth-order valence-electron chi connectivity index (χ4n) is 3.26. The minimum atomic E-state index is -4.46. The summed E-state index contributed by atoms with van der Waals surface area (Å²) >= 11 is 0. The smallest absolute Gasteiger partial charge is 0.393 e. The number of anilines is 2. The fraction of sp³-hybridized carbons (Fsp3) is 0.474. The van der Waals surface area contributed by atoms with Crippen LogP contribution in [0.15, 0.2) is 24.5 Å². The molecule has 10 heteroatoms. The third-order valence-corrected chi connectivity index (χ3v) is 4.79. The van der Waals surface area contributed by atoms with Gasteiger partial charge < -0.3 is 15.7 Å². The molecule has 7 nitrogen and oxygen atoms in total. The highest BCUT2D eigenvalue weighted by Crippen LogP contribution is 2.31. The van der Waals surface area contributed by atoms with Crippen molar-refractivity contribution in [1.29, 1.82) is 5.26 Å². The Morgan fingerprint density at radius 2 is 1.97 bits per heavy atom. The number of aromatic nitrogens is 3. The number of aliphatic hydroxyl groups is 1. The van der Waals surface area contributed by atoms with E-state index in [9.17, 15) is 23.5 Å². The molecule has 0 aliphatic heterocycles. The predicted octanol–water partition coefficient (Wildman–Crippen LogP) is 3.13. The summed E-state index contributed by atoms with van der Waals surface area (Å²) in [6.07, 6.45) is 0.879. The second-order valence-electron chi connectivity index (χ2n) is 6.89. The van der Waals surface area contributed by atoms with Crippen molar-refractivity contribution in [2.75, 3.05) is 17.2 Å². The predicted molar refractivity (Wildman–Crippen MR) is 100 cm³/mol. The van der Waals surface area contributed by atoms with Gasteiger partial charge in [-0.1, -0.05) is 0 Å². The highest BCUT2D eigenvalue weighted by molar-refractivity contribution is 5.54. The van der Waals surface area contributed by atoms with Crippen LogP contribution in [0.1, 0.15) is 42.5 Å². The van der Waals surface area contributed by atoms with E-state index >= 15 is 0 Å². The molecule has 3 rings (SSSR count). The Bertz CT molecular complexity index is 875. The van der Waals surface area contributed by atoms with Crippen molar-refractivity contribution in [3.63, 3.8) is 0 Å². The second kappa shape index (κ2) is 9.05. The van der Waals surface area contributed by atoms with Crippen LogP contribution in [0.5, 0.6) is 0 Å². The quantitative estimate of drug-likeness (QED) is 0.677. The van der Waals surface area contributed by atoms with Crippen molar-refractivity contribution < 1.29 is 18.3 Å². The van der Waals surface area contributed by atoms with Gasteiger partial charge in [0.1, 0.15) is 17.5 Å². The fourth-order valence-corrected chi connectivity index (χ4v) is 3.26. The average molecular weight is 406 g/mol. The van der Waals surface area contributed by atoms with Crippen LogP contribution < -0.4 is 10.6 Å². The molecule has 3 N–H and O–H groups in total. The van der Waals surface area contributed by atoms with Crippen LogP contribution in [0.3, 0.4) is 0 Å². The summed E-state index contributed by atoms with van der Waals surface area (Å²) in [5.41, 5.74) is -0.532. The van der Waals surface area contributed by atoms with E-state index in [1.54, 1.807) is 0 Å². The molecule has 0 atom stereocenters. The minimum absolute atomic E-state index is 0.0440. The maximum Gasteiger partial charge on any atom is 0.418 e. The van der Waals surface area contributed by atoms with E-state index in [2.05, 4.69) is 25.6 Å². The monoisotopic (exact) mass is 406 g/mol. The summed E-state index contributed by atoms with van der Waals surface area (Å²) in [7, 11) is 0. The number of hydrogen-bond donors (Lipinski definition) is 3. The molecular weight excluding hydrogens is 385 g/mol. The number of pyridine rings is 1. The van der Waals surface area contributed by atoms with E-state index in [4.69, 9.17) is 0 Å². The molecule has 1 aliphatic carbocycles. The first-order valence-corrected chi connectivity index (χ1v) is 9.33. The summed E-state index contributed by atoms with van der Waals surface area (Å²) in [4.78, 5) is 12.2. The molecule has 0 radical (unpaired) electrons. The van der Waals surface area contributed by atoms with Gasteiger partial charge in [-0.2, -0.15) is 23.4 Å². The van der Waals surface area contributed by atoms with Crippen molar-refractivity contribution >= 4 is 11.8 Å². The Balaban J connectivity index is 1.64. The van der Waals surface area contributed by atoms with Gasteiger partial charge in [0, 0.05) is 25.2 Å². The lowest BCUT2D eigenvalue weighted by atomic mass is 9.93. The number of aliphatic hydroxyl groups excluding tert-OH is 1. The van der Waals surface area contributed by atoms with Crippen LogP contribution in [-0.2, 0) is 12.6 Å². The van der Waals surface area contributed by atoms with E-state index in [0.717, 1.165) is 18.9 Å². The van der Waals surface area contributed by atoms with Crippen molar-refractivity contribution in [3.8, 4) is 6.07 Å². The van der Waals surface area contributed by atoms with E-state index in [-0.39, 0.29) is 42.3 Å². The number of halogens is 3. The van der Waals surface area contributed by atoms with Crippen LogP contribution in [0.2, 0.25) is 0 Å². The van der Waals surface area contributed by atoms with Gasteiger partial charge in [-0.15, -0.1) is 0 Å². The summed E-state index contributed by atoms with van der Waals surface area (Å²) in [6.45, 7) is 0.154. The molecule has 0 amide bonds. The summed E-state index contributed by atoms with van der Waals surface area (Å²) < 4.78 is 39.1. The zero-order chi connectivity index (χ0) is 20.9. The Morgan fingerprint density at radius 1 is 1.21 bits per heavy atom. The zero-order valence-electron chi connectivity index (χ0n) is 15.6. The molecule has 0 unspecified atom stereocenters. The Hall–Kier alpha value is -2.93. The van der Waals surface area contributed by atoms with Crippen LogP contribution in [-0.4, -0.2) is 38.7 Å². The molecule has 29 heavy (non-hydrogen) atoms. The Kier molecular flexibility index (Phi) is 6.49. The van der Waals surface area contributed by atoms with E-state index in [1.807, 2.05) is 6.07 Å². The number of rotatable bonds is 6. The van der Waals surface area contributed by atoms with E-state index < -0.39 is 11.7 Å². The zero-order valence-corrected chi connectivity index (χ0v) is 15.6. The first-order chi connectivity index (χ1) is 13.9. The van der Waals surface area contributed by atoms with Gasteiger partial charge in [-0.05, 0) is 37.8 Å². The highest BCUT2D eigenvalue weighted by Gasteiger charge is 2.33. The summed E-state index contributed by atoms with van der Waals surface area (Å²) in [5.74, 6) is 0.590. The number of hydrogen-bond acceptors (Lipinski definition) is 7. The molecule has 1 saturated carbocycles. The molecule has 0 spiro atoms. The normalized spacial score (nSPS) is 19.4. The van der Waals surface area contributed by atoms with Crippen molar-refractivity contribution in [1.82, 2.24) is 15.0 Å². The van der Waals surface area contributed by atoms with Gasteiger partial charge in [-0.3, -0.25) is 4.98 Å².